The standard InChI is InChI=1S/C31H30O12/c1-5-37-30(35)25-13-19(32)27-21(9-7-11-23(27)42-25)39-15-18(41-29(34)17(3)4)16-40-22-10-8-12-24-28(22)20(33)14-26(43-24)31(36)38-6-2/h7-14,17-18H,5-6,15-16H2,1-4H3. The molecule has 0 aliphatic heterocycles. The molecule has 0 bridgehead atoms. The first-order chi connectivity index (χ1) is 20.6. The molecule has 0 fully saturated rings. The third-order valence-corrected chi connectivity index (χ3v) is 5.99. The van der Waals surface area contributed by atoms with E-state index in [0.717, 1.165) is 12.1 Å². The van der Waals surface area contributed by atoms with Crippen LogP contribution >= 0.6 is 0 Å². The first-order valence-corrected chi connectivity index (χ1v) is 13.6. The molecule has 0 saturated heterocycles. The predicted molar refractivity (Wildman–Crippen MR) is 153 cm³/mol. The summed E-state index contributed by atoms with van der Waals surface area (Å²) >= 11 is 0. The Morgan fingerprint density at radius 2 is 1.16 bits per heavy atom. The van der Waals surface area contributed by atoms with Gasteiger partial charge < -0.3 is 32.5 Å². The van der Waals surface area contributed by atoms with Gasteiger partial charge in [-0.05, 0) is 38.1 Å². The van der Waals surface area contributed by atoms with Crippen LogP contribution in [-0.4, -0.2) is 50.4 Å². The SMILES string of the molecule is CCOC(=O)c1cc(=O)c2c(OCC(COc3cccc4oc(C(=O)OCC)cc(=O)c34)OC(=O)C(C)C)cccc2o1. The smallest absolute Gasteiger partial charge is 0.374 e. The van der Waals surface area contributed by atoms with Crippen LogP contribution < -0.4 is 20.3 Å². The molecule has 0 aliphatic rings. The third-order valence-electron chi connectivity index (χ3n) is 5.99. The summed E-state index contributed by atoms with van der Waals surface area (Å²) in [6.45, 7) is 6.34. The molecule has 0 radical (unpaired) electrons. The average Bonchev–Trinajstić information content (AvgIpc) is 2.98. The highest BCUT2D eigenvalue weighted by Gasteiger charge is 2.22. The Morgan fingerprint density at radius 1 is 0.721 bits per heavy atom. The molecule has 2 aromatic heterocycles. The van der Waals surface area contributed by atoms with Crippen molar-refractivity contribution in [1.29, 1.82) is 0 Å². The molecule has 0 unspecified atom stereocenters. The van der Waals surface area contributed by atoms with Crippen molar-refractivity contribution in [2.24, 2.45) is 5.92 Å². The number of esters is 3. The van der Waals surface area contributed by atoms with Crippen LogP contribution in [0.25, 0.3) is 21.9 Å². The van der Waals surface area contributed by atoms with Crippen molar-refractivity contribution in [3.05, 3.63) is 80.5 Å². The number of fused-ring (bicyclic) bond motifs is 2. The number of carbonyl (C=O) groups is 3. The molecule has 0 saturated carbocycles. The lowest BCUT2D eigenvalue weighted by atomic mass is 10.2. The quantitative estimate of drug-likeness (QED) is 0.170. The van der Waals surface area contributed by atoms with E-state index in [1.54, 1.807) is 39.8 Å². The molecule has 0 atom stereocenters. The maximum absolute atomic E-state index is 12.9. The average molecular weight is 595 g/mol. The minimum absolute atomic E-state index is 0.0782. The van der Waals surface area contributed by atoms with Crippen LogP contribution in [0.2, 0.25) is 0 Å². The van der Waals surface area contributed by atoms with E-state index in [9.17, 15) is 24.0 Å². The molecule has 43 heavy (non-hydrogen) atoms. The monoisotopic (exact) mass is 594 g/mol. The van der Waals surface area contributed by atoms with Gasteiger partial charge in [0.15, 0.2) is 17.0 Å². The molecule has 2 heterocycles. The minimum Gasteiger partial charge on any atom is -0.489 e. The highest BCUT2D eigenvalue weighted by molar-refractivity contribution is 5.91. The van der Waals surface area contributed by atoms with Crippen molar-refractivity contribution in [2.75, 3.05) is 26.4 Å². The van der Waals surface area contributed by atoms with Crippen molar-refractivity contribution in [1.82, 2.24) is 0 Å². The Kier molecular flexibility index (Phi) is 9.81. The van der Waals surface area contributed by atoms with Gasteiger partial charge in [-0.1, -0.05) is 26.0 Å². The number of rotatable bonds is 12. The van der Waals surface area contributed by atoms with Gasteiger partial charge in [-0.15, -0.1) is 0 Å². The topological polar surface area (TPSA) is 158 Å². The van der Waals surface area contributed by atoms with Crippen molar-refractivity contribution in [3.63, 3.8) is 0 Å². The van der Waals surface area contributed by atoms with Crippen LogP contribution in [0.4, 0.5) is 0 Å². The predicted octanol–water partition coefficient (Wildman–Crippen LogP) is 4.28. The zero-order valence-electron chi connectivity index (χ0n) is 24.0. The van der Waals surface area contributed by atoms with E-state index >= 15 is 0 Å². The molecule has 0 amide bonds. The summed E-state index contributed by atoms with van der Waals surface area (Å²) in [5, 5.41) is 0.156. The Balaban J connectivity index is 1.58. The summed E-state index contributed by atoms with van der Waals surface area (Å²) in [5.74, 6) is -2.76. The van der Waals surface area contributed by atoms with Crippen LogP contribution in [0.3, 0.4) is 0 Å². The number of benzene rings is 2. The second kappa shape index (κ2) is 13.7. The lowest BCUT2D eigenvalue weighted by Gasteiger charge is -2.21. The minimum atomic E-state index is -0.975. The number of hydrogen-bond donors (Lipinski definition) is 0. The van der Waals surface area contributed by atoms with Gasteiger partial charge in [-0.25, -0.2) is 9.59 Å². The lowest BCUT2D eigenvalue weighted by Crippen LogP contribution is -2.32. The molecule has 4 aromatic rings. The molecule has 0 spiro atoms. The van der Waals surface area contributed by atoms with E-state index < -0.39 is 40.8 Å². The van der Waals surface area contributed by atoms with Crippen molar-refractivity contribution >= 4 is 39.8 Å². The third kappa shape index (κ3) is 7.21. The summed E-state index contributed by atoms with van der Waals surface area (Å²) in [6, 6.07) is 11.3. The first kappa shape index (κ1) is 30.8. The van der Waals surface area contributed by atoms with Crippen molar-refractivity contribution in [2.45, 2.75) is 33.8 Å². The molecule has 2 aromatic carbocycles. The van der Waals surface area contributed by atoms with Gasteiger partial charge in [0, 0.05) is 12.1 Å². The van der Waals surface area contributed by atoms with E-state index in [4.69, 9.17) is 32.5 Å². The van der Waals surface area contributed by atoms with E-state index in [-0.39, 0.29) is 71.4 Å². The van der Waals surface area contributed by atoms with Crippen LogP contribution in [-0.2, 0) is 19.0 Å². The summed E-state index contributed by atoms with van der Waals surface area (Å²) < 4.78 is 38.3. The number of carbonyl (C=O) groups excluding carboxylic acids is 3. The van der Waals surface area contributed by atoms with Crippen molar-refractivity contribution < 1.29 is 46.9 Å². The van der Waals surface area contributed by atoms with E-state index in [1.807, 2.05) is 0 Å². The van der Waals surface area contributed by atoms with Gasteiger partial charge in [0.25, 0.3) is 0 Å². The Hall–Kier alpha value is -5.13. The zero-order valence-corrected chi connectivity index (χ0v) is 24.0. The van der Waals surface area contributed by atoms with Crippen molar-refractivity contribution in [3.8, 4) is 11.5 Å². The molecule has 12 nitrogen and oxygen atoms in total. The molecule has 0 aliphatic carbocycles. The molecule has 12 heteroatoms. The zero-order chi connectivity index (χ0) is 31.1. The number of ether oxygens (including phenoxy) is 5. The first-order valence-electron chi connectivity index (χ1n) is 13.6. The van der Waals surface area contributed by atoms with Crippen LogP contribution in [0.5, 0.6) is 11.5 Å². The van der Waals surface area contributed by atoms with Gasteiger partial charge in [-0.3, -0.25) is 14.4 Å². The molecular weight excluding hydrogens is 564 g/mol. The Bertz CT molecular complexity index is 1650. The fourth-order valence-corrected chi connectivity index (χ4v) is 3.98. The number of hydrogen-bond acceptors (Lipinski definition) is 12. The summed E-state index contributed by atoms with van der Waals surface area (Å²) in [4.78, 5) is 62.4. The van der Waals surface area contributed by atoms with E-state index in [0.29, 0.717) is 0 Å². The summed E-state index contributed by atoms with van der Waals surface area (Å²) in [5.41, 5.74) is -0.859. The highest BCUT2D eigenvalue weighted by atomic mass is 16.6. The fraction of sp³-hybridized carbons (Fsp3) is 0.323. The molecular formula is C31H30O12. The van der Waals surface area contributed by atoms with Crippen LogP contribution in [0, 0.1) is 5.92 Å². The van der Waals surface area contributed by atoms with Gasteiger partial charge in [0.05, 0.1) is 19.1 Å². The van der Waals surface area contributed by atoms with Crippen LogP contribution in [0.15, 0.2) is 67.0 Å². The lowest BCUT2D eigenvalue weighted by molar-refractivity contribution is -0.156. The van der Waals surface area contributed by atoms with Gasteiger partial charge >= 0.3 is 17.9 Å². The maximum atomic E-state index is 12.9. The second-order valence-corrected chi connectivity index (χ2v) is 9.48. The normalized spacial score (nSPS) is 11.1. The summed E-state index contributed by atoms with van der Waals surface area (Å²) in [7, 11) is 0. The maximum Gasteiger partial charge on any atom is 0.374 e. The highest BCUT2D eigenvalue weighted by Crippen LogP contribution is 2.26. The molecule has 0 N–H and O–H groups in total. The fourth-order valence-electron chi connectivity index (χ4n) is 3.98. The van der Waals surface area contributed by atoms with Gasteiger partial charge in [-0.2, -0.15) is 0 Å². The summed E-state index contributed by atoms with van der Waals surface area (Å²) in [6.07, 6.45) is -0.975. The van der Waals surface area contributed by atoms with Gasteiger partial charge in [0.2, 0.25) is 11.5 Å². The van der Waals surface area contributed by atoms with Gasteiger partial charge in [0.1, 0.15) is 46.7 Å². The van der Waals surface area contributed by atoms with E-state index in [1.165, 1.54) is 24.3 Å². The molecule has 4 rings (SSSR count). The second-order valence-electron chi connectivity index (χ2n) is 9.48. The Labute approximate surface area is 245 Å². The van der Waals surface area contributed by atoms with E-state index in [2.05, 4.69) is 0 Å². The Morgan fingerprint density at radius 3 is 1.56 bits per heavy atom. The molecule has 226 valence electrons. The van der Waals surface area contributed by atoms with Crippen LogP contribution in [0.1, 0.15) is 48.8 Å². The largest absolute Gasteiger partial charge is 0.489 e.